The van der Waals surface area contributed by atoms with Gasteiger partial charge in [0.05, 0.1) is 6.10 Å². The molecule has 0 saturated heterocycles. The van der Waals surface area contributed by atoms with Crippen molar-refractivity contribution in [3.63, 3.8) is 0 Å². The largest absolute Gasteiger partial charge is 0.393 e. The molecule has 4 rings (SSSR count). The van der Waals surface area contributed by atoms with Crippen LogP contribution in [0.2, 0.25) is 0 Å². The highest BCUT2D eigenvalue weighted by atomic mass is 16.3. The van der Waals surface area contributed by atoms with E-state index in [9.17, 15) is 24.9 Å². The monoisotopic (exact) mass is 360 g/mol. The summed E-state index contributed by atoms with van der Waals surface area (Å²) in [6, 6.07) is 0. The van der Waals surface area contributed by atoms with E-state index in [2.05, 4.69) is 6.92 Å². The number of hydrogen-bond acceptors (Lipinski definition) is 5. The van der Waals surface area contributed by atoms with Crippen LogP contribution >= 0.6 is 0 Å². The van der Waals surface area contributed by atoms with Crippen LogP contribution in [0.1, 0.15) is 46.0 Å². The van der Waals surface area contributed by atoms with Crippen LogP contribution in [0, 0.1) is 28.6 Å². The summed E-state index contributed by atoms with van der Waals surface area (Å²) in [5, 5.41) is 31.7. The molecule has 0 amide bonds. The van der Waals surface area contributed by atoms with Crippen LogP contribution < -0.4 is 0 Å². The van der Waals surface area contributed by atoms with Gasteiger partial charge >= 0.3 is 0 Å². The van der Waals surface area contributed by atoms with Gasteiger partial charge in [-0.15, -0.1) is 0 Å². The molecule has 142 valence electrons. The van der Waals surface area contributed by atoms with Gasteiger partial charge in [0.2, 0.25) is 0 Å². The first kappa shape index (κ1) is 18.1. The van der Waals surface area contributed by atoms with Gasteiger partial charge in [-0.1, -0.05) is 25.5 Å². The summed E-state index contributed by atoms with van der Waals surface area (Å²) < 4.78 is 0. The number of aliphatic hydroxyl groups excluding tert-OH is 2. The van der Waals surface area contributed by atoms with Crippen molar-refractivity contribution in [2.24, 2.45) is 28.6 Å². The lowest BCUT2D eigenvalue weighted by Crippen LogP contribution is -2.61. The predicted octanol–water partition coefficient (Wildman–Crippen LogP) is 1.56. The van der Waals surface area contributed by atoms with Crippen LogP contribution in [0.25, 0.3) is 0 Å². The highest BCUT2D eigenvalue weighted by molar-refractivity contribution is 6.01. The molecule has 0 aromatic carbocycles. The van der Waals surface area contributed by atoms with Crippen molar-refractivity contribution in [1.82, 2.24) is 0 Å². The first-order valence-electron chi connectivity index (χ1n) is 9.66. The van der Waals surface area contributed by atoms with Gasteiger partial charge in [0.15, 0.2) is 11.6 Å². The third-order valence-corrected chi connectivity index (χ3v) is 8.25. The molecule has 0 heterocycles. The zero-order valence-corrected chi connectivity index (χ0v) is 15.4. The maximum Gasteiger partial charge on any atom is 0.190 e. The van der Waals surface area contributed by atoms with E-state index < -0.39 is 29.5 Å². The fourth-order valence-electron chi connectivity index (χ4n) is 6.92. The van der Waals surface area contributed by atoms with Gasteiger partial charge in [-0.25, -0.2) is 0 Å². The number of hydrogen-bond donors (Lipinski definition) is 3. The summed E-state index contributed by atoms with van der Waals surface area (Å²) >= 11 is 0. The third-order valence-electron chi connectivity index (χ3n) is 8.25. The Labute approximate surface area is 153 Å². The first-order chi connectivity index (χ1) is 12.2. The van der Waals surface area contributed by atoms with E-state index in [0.717, 1.165) is 24.8 Å². The van der Waals surface area contributed by atoms with Gasteiger partial charge in [0.25, 0.3) is 0 Å². The minimum absolute atomic E-state index is 0.00912. The van der Waals surface area contributed by atoms with Gasteiger partial charge in [-0.3, -0.25) is 9.59 Å². The van der Waals surface area contributed by atoms with E-state index >= 15 is 0 Å². The molecule has 0 aromatic rings. The number of Topliss-reactive ketones (excluding diaryl/α,β-unsaturated/α-hetero) is 1. The van der Waals surface area contributed by atoms with Crippen LogP contribution in [-0.2, 0) is 9.59 Å². The van der Waals surface area contributed by atoms with Crippen molar-refractivity contribution in [3.05, 3.63) is 23.8 Å². The molecule has 0 aromatic heterocycles. The second-order valence-electron chi connectivity index (χ2n) is 9.19. The molecule has 5 nitrogen and oxygen atoms in total. The molecule has 0 spiro atoms. The Morgan fingerprint density at radius 1 is 1.31 bits per heavy atom. The quantitative estimate of drug-likeness (QED) is 0.695. The van der Waals surface area contributed by atoms with Gasteiger partial charge in [0, 0.05) is 16.7 Å². The number of fused-ring (bicyclic) bond motifs is 5. The second-order valence-corrected chi connectivity index (χ2v) is 9.19. The van der Waals surface area contributed by atoms with E-state index in [0.29, 0.717) is 12.8 Å². The fourth-order valence-corrected chi connectivity index (χ4v) is 6.92. The summed E-state index contributed by atoms with van der Waals surface area (Å²) in [6.07, 6.45) is 7.68. The molecule has 3 fully saturated rings. The zero-order valence-electron chi connectivity index (χ0n) is 15.4. The Hall–Kier alpha value is -1.30. The number of rotatable bonds is 2. The van der Waals surface area contributed by atoms with E-state index in [1.54, 1.807) is 12.2 Å². The minimum Gasteiger partial charge on any atom is -0.393 e. The van der Waals surface area contributed by atoms with Crippen molar-refractivity contribution in [2.45, 2.75) is 57.7 Å². The second kappa shape index (κ2) is 5.60. The lowest BCUT2D eigenvalue weighted by molar-refractivity contribution is -0.178. The average Bonchev–Trinajstić information content (AvgIpc) is 2.86. The van der Waals surface area contributed by atoms with Crippen molar-refractivity contribution in [2.75, 3.05) is 6.61 Å². The lowest BCUT2D eigenvalue weighted by Gasteiger charge is -2.59. The molecule has 3 saturated carbocycles. The Kier molecular flexibility index (Phi) is 3.89. The van der Waals surface area contributed by atoms with E-state index in [-0.39, 0.29) is 29.0 Å². The molecule has 26 heavy (non-hydrogen) atoms. The van der Waals surface area contributed by atoms with E-state index in [1.807, 2.05) is 13.0 Å². The SMILES string of the molecule is CC12C=CC(=O)C=C1CC[C@@H]1[C@@H]2C(O)C[C@@]2(C)[C@H]1CC[C@]2(O)C(=O)CO. The number of ketones is 2. The van der Waals surface area contributed by atoms with Crippen molar-refractivity contribution >= 4 is 11.6 Å². The molecule has 4 aliphatic carbocycles. The Morgan fingerprint density at radius 2 is 2.04 bits per heavy atom. The van der Waals surface area contributed by atoms with Gasteiger partial charge in [-0.2, -0.15) is 0 Å². The summed E-state index contributed by atoms with van der Waals surface area (Å²) in [7, 11) is 0. The maximum atomic E-state index is 12.4. The zero-order chi connectivity index (χ0) is 18.9. The molecule has 0 aliphatic heterocycles. The van der Waals surface area contributed by atoms with Crippen molar-refractivity contribution in [1.29, 1.82) is 0 Å². The van der Waals surface area contributed by atoms with Crippen molar-refractivity contribution in [3.8, 4) is 0 Å². The van der Waals surface area contributed by atoms with Gasteiger partial charge < -0.3 is 15.3 Å². The maximum absolute atomic E-state index is 12.4. The summed E-state index contributed by atoms with van der Waals surface area (Å²) in [4.78, 5) is 24.2. The Morgan fingerprint density at radius 3 is 2.73 bits per heavy atom. The smallest absolute Gasteiger partial charge is 0.190 e. The van der Waals surface area contributed by atoms with Crippen LogP contribution in [0.3, 0.4) is 0 Å². The number of allylic oxidation sites excluding steroid dienone is 4. The van der Waals surface area contributed by atoms with Crippen LogP contribution in [0.4, 0.5) is 0 Å². The normalized spacial score (nSPS) is 49.9. The molecule has 7 atom stereocenters. The topological polar surface area (TPSA) is 94.8 Å². The Balaban J connectivity index is 1.75. The summed E-state index contributed by atoms with van der Waals surface area (Å²) in [5.74, 6) is -0.227. The molecular weight excluding hydrogens is 332 g/mol. The van der Waals surface area contributed by atoms with Gasteiger partial charge in [-0.05, 0) is 56.1 Å². The summed E-state index contributed by atoms with van der Waals surface area (Å²) in [6.45, 7) is 3.34. The predicted molar refractivity (Wildman–Crippen MR) is 95.0 cm³/mol. The lowest BCUT2D eigenvalue weighted by atomic mass is 9.46. The third kappa shape index (κ3) is 2.08. The standard InChI is InChI=1S/C21H28O5/c1-19-7-5-13(23)9-12(19)3-4-14-15-6-8-21(26,17(25)11-22)20(15,2)10-16(24)18(14)19/h5,7,9,14-16,18,22,24,26H,3-4,6,8,10-11H2,1-2H3/t14-,15-,16?,18+,19?,20-,21-/m0/s1. The fraction of sp³-hybridized carbons (Fsp3) is 0.714. The number of aliphatic hydroxyl groups is 3. The molecule has 2 unspecified atom stereocenters. The van der Waals surface area contributed by atoms with Crippen LogP contribution in [-0.4, -0.2) is 45.2 Å². The molecular formula is C21H28O5. The summed E-state index contributed by atoms with van der Waals surface area (Å²) in [5.41, 5.74) is -1.54. The number of carbonyl (C=O) groups excluding carboxylic acids is 2. The van der Waals surface area contributed by atoms with Gasteiger partial charge in [0.1, 0.15) is 12.2 Å². The molecule has 5 heteroatoms. The first-order valence-corrected chi connectivity index (χ1v) is 9.66. The van der Waals surface area contributed by atoms with Crippen molar-refractivity contribution < 1.29 is 24.9 Å². The van der Waals surface area contributed by atoms with E-state index in [4.69, 9.17) is 0 Å². The minimum atomic E-state index is -1.56. The molecule has 4 aliphatic rings. The molecule has 0 bridgehead atoms. The van der Waals surface area contributed by atoms with Crippen LogP contribution in [0.15, 0.2) is 23.8 Å². The molecule has 0 radical (unpaired) electrons. The van der Waals surface area contributed by atoms with E-state index in [1.165, 1.54) is 0 Å². The van der Waals surface area contributed by atoms with Crippen LogP contribution in [0.5, 0.6) is 0 Å². The molecule has 3 N–H and O–H groups in total. The highest BCUT2D eigenvalue weighted by Gasteiger charge is 2.67. The average molecular weight is 360 g/mol. The number of carbonyl (C=O) groups is 2. The Bertz CT molecular complexity index is 724. The highest BCUT2D eigenvalue weighted by Crippen LogP contribution is 2.67.